The number of ether oxygens (including phenoxy) is 1. The van der Waals surface area contributed by atoms with Gasteiger partial charge in [0.1, 0.15) is 18.3 Å². The molecular formula is C10H19NO7. The maximum Gasteiger partial charge on any atom is 0.279 e. The molecule has 1 rings (SSSR count). The molecule has 0 aliphatic carbocycles. The van der Waals surface area contributed by atoms with Gasteiger partial charge in [-0.1, -0.05) is 6.92 Å². The maximum atomic E-state index is 11.4. The average molecular weight is 265 g/mol. The number of aliphatic hydroxyl groups is 5. The van der Waals surface area contributed by atoms with Crippen LogP contribution in [0.1, 0.15) is 19.8 Å². The second-order valence-corrected chi connectivity index (χ2v) is 4.26. The lowest BCUT2D eigenvalue weighted by molar-refractivity contribution is -0.358. The number of carbonyl (C=O) groups excluding carboxylic acids is 1. The van der Waals surface area contributed by atoms with Crippen LogP contribution in [0.15, 0.2) is 0 Å². The van der Waals surface area contributed by atoms with Gasteiger partial charge in [0.05, 0.1) is 6.61 Å². The highest BCUT2D eigenvalue weighted by Gasteiger charge is 2.53. The van der Waals surface area contributed by atoms with Crippen molar-refractivity contribution in [1.82, 2.24) is 5.32 Å². The van der Waals surface area contributed by atoms with Gasteiger partial charge in [-0.15, -0.1) is 0 Å². The highest BCUT2D eigenvalue weighted by molar-refractivity contribution is 5.76. The summed E-state index contributed by atoms with van der Waals surface area (Å²) in [5, 5.41) is 49.5. The molecule has 1 unspecified atom stereocenters. The number of hydrogen-bond acceptors (Lipinski definition) is 7. The van der Waals surface area contributed by atoms with Gasteiger partial charge in [-0.2, -0.15) is 0 Å². The van der Waals surface area contributed by atoms with Crippen LogP contribution in [0.25, 0.3) is 0 Å². The molecule has 0 spiro atoms. The first-order valence-corrected chi connectivity index (χ1v) is 5.72. The van der Waals surface area contributed by atoms with Crippen molar-refractivity contribution in [2.45, 2.75) is 50.1 Å². The lowest BCUT2D eigenvalue weighted by Gasteiger charge is -2.45. The third-order valence-corrected chi connectivity index (χ3v) is 2.76. The number of hydrogen-bond donors (Lipinski definition) is 6. The molecule has 18 heavy (non-hydrogen) atoms. The zero-order valence-electron chi connectivity index (χ0n) is 9.98. The first kappa shape index (κ1) is 15.3. The monoisotopic (exact) mass is 265 g/mol. The first-order chi connectivity index (χ1) is 8.35. The standard InChI is InChI=1S/C10H19NO7/c1-2-3-6(13)11-10(17)9(16)8(15)7(14)5(4-12)18-10/h5,7-9,12,14-17H,2-4H2,1H3,(H,11,13)/t5-,7-,8+,9-,10?/m1/s1. The van der Waals surface area contributed by atoms with E-state index in [-0.39, 0.29) is 6.42 Å². The van der Waals surface area contributed by atoms with E-state index in [0.29, 0.717) is 6.42 Å². The molecule has 6 N–H and O–H groups in total. The molecule has 1 amide bonds. The van der Waals surface area contributed by atoms with Crippen LogP contribution in [0.2, 0.25) is 0 Å². The van der Waals surface area contributed by atoms with Gasteiger partial charge in [-0.3, -0.25) is 4.79 Å². The summed E-state index contributed by atoms with van der Waals surface area (Å²) in [6, 6.07) is 0. The molecule has 1 aliphatic heterocycles. The van der Waals surface area contributed by atoms with Crippen molar-refractivity contribution in [1.29, 1.82) is 0 Å². The lowest BCUT2D eigenvalue weighted by atomic mass is 9.96. The first-order valence-electron chi connectivity index (χ1n) is 5.72. The molecule has 0 saturated carbocycles. The average Bonchev–Trinajstić information content (AvgIpc) is 2.32. The van der Waals surface area contributed by atoms with Gasteiger partial charge in [0.25, 0.3) is 5.91 Å². The van der Waals surface area contributed by atoms with Gasteiger partial charge in [0, 0.05) is 6.42 Å². The van der Waals surface area contributed by atoms with Crippen molar-refractivity contribution in [2.75, 3.05) is 6.61 Å². The number of amides is 1. The lowest BCUT2D eigenvalue weighted by Crippen LogP contribution is -2.71. The van der Waals surface area contributed by atoms with Crippen LogP contribution in [0.4, 0.5) is 0 Å². The van der Waals surface area contributed by atoms with Crippen LogP contribution < -0.4 is 5.32 Å². The van der Waals surface area contributed by atoms with Gasteiger partial charge in [0.15, 0.2) is 6.10 Å². The van der Waals surface area contributed by atoms with E-state index in [2.05, 4.69) is 0 Å². The summed E-state index contributed by atoms with van der Waals surface area (Å²) >= 11 is 0. The third kappa shape index (κ3) is 2.97. The molecule has 0 aromatic heterocycles. The Balaban J connectivity index is 2.81. The van der Waals surface area contributed by atoms with Crippen LogP contribution >= 0.6 is 0 Å². The summed E-state index contributed by atoms with van der Waals surface area (Å²) in [6.45, 7) is 1.06. The van der Waals surface area contributed by atoms with Crippen LogP contribution in [0, 0.1) is 0 Å². The highest BCUT2D eigenvalue weighted by atomic mass is 16.7. The minimum Gasteiger partial charge on any atom is -0.394 e. The normalized spacial score (nSPS) is 40.6. The summed E-state index contributed by atoms with van der Waals surface area (Å²) < 4.78 is 4.85. The smallest absolute Gasteiger partial charge is 0.279 e. The van der Waals surface area contributed by atoms with Crippen molar-refractivity contribution < 1.29 is 35.1 Å². The largest absolute Gasteiger partial charge is 0.394 e. The Bertz CT molecular complexity index is 298. The fraction of sp³-hybridized carbons (Fsp3) is 0.900. The van der Waals surface area contributed by atoms with E-state index in [9.17, 15) is 25.2 Å². The summed E-state index contributed by atoms with van der Waals surface area (Å²) in [5.74, 6) is -3.11. The predicted octanol–water partition coefficient (Wildman–Crippen LogP) is -2.98. The quantitative estimate of drug-likeness (QED) is 0.298. The molecule has 5 atom stereocenters. The molecule has 1 fully saturated rings. The van der Waals surface area contributed by atoms with E-state index in [0.717, 1.165) is 0 Å². The number of rotatable bonds is 4. The second kappa shape index (κ2) is 5.91. The van der Waals surface area contributed by atoms with Crippen molar-refractivity contribution in [2.24, 2.45) is 0 Å². The topological polar surface area (TPSA) is 139 Å². The molecule has 0 bridgehead atoms. The fourth-order valence-corrected chi connectivity index (χ4v) is 1.75. The van der Waals surface area contributed by atoms with E-state index in [1.54, 1.807) is 6.92 Å². The van der Waals surface area contributed by atoms with Crippen molar-refractivity contribution in [3.05, 3.63) is 0 Å². The molecule has 1 aliphatic rings. The molecule has 1 saturated heterocycles. The number of carbonyl (C=O) groups is 1. The summed E-state index contributed by atoms with van der Waals surface area (Å²) in [5.41, 5.74) is 0. The van der Waals surface area contributed by atoms with Crippen LogP contribution in [-0.4, -0.2) is 68.4 Å². The molecule has 8 nitrogen and oxygen atoms in total. The summed E-state index contributed by atoms with van der Waals surface area (Å²) in [4.78, 5) is 11.4. The van der Waals surface area contributed by atoms with Crippen LogP contribution in [0.3, 0.4) is 0 Å². The number of aliphatic hydroxyl groups excluding tert-OH is 4. The molecule has 0 aromatic rings. The van der Waals surface area contributed by atoms with Gasteiger partial charge in [-0.05, 0) is 6.42 Å². The minimum absolute atomic E-state index is 0.0980. The molecule has 1 heterocycles. The van der Waals surface area contributed by atoms with E-state index in [4.69, 9.17) is 9.84 Å². The predicted molar refractivity (Wildman–Crippen MR) is 58.0 cm³/mol. The molecule has 106 valence electrons. The Morgan fingerprint density at radius 3 is 2.44 bits per heavy atom. The van der Waals surface area contributed by atoms with Crippen molar-refractivity contribution in [3.8, 4) is 0 Å². The van der Waals surface area contributed by atoms with Gasteiger partial charge in [-0.25, -0.2) is 0 Å². The van der Waals surface area contributed by atoms with Gasteiger partial charge in [0.2, 0.25) is 5.91 Å². The van der Waals surface area contributed by atoms with Gasteiger partial charge >= 0.3 is 0 Å². The minimum atomic E-state index is -2.53. The van der Waals surface area contributed by atoms with E-state index in [1.807, 2.05) is 5.32 Å². The molecule has 0 radical (unpaired) electrons. The summed E-state index contributed by atoms with van der Waals surface area (Å²) in [7, 11) is 0. The Morgan fingerprint density at radius 2 is 1.94 bits per heavy atom. The highest BCUT2D eigenvalue weighted by Crippen LogP contribution is 2.26. The van der Waals surface area contributed by atoms with E-state index in [1.165, 1.54) is 0 Å². The van der Waals surface area contributed by atoms with Crippen molar-refractivity contribution in [3.63, 3.8) is 0 Å². The fourth-order valence-electron chi connectivity index (χ4n) is 1.75. The number of nitrogens with one attached hydrogen (secondary N) is 1. The molecule has 0 aromatic carbocycles. The summed E-state index contributed by atoms with van der Waals surface area (Å²) in [6.07, 6.45) is -5.92. The SMILES string of the molecule is CCCC(=O)NC1(O)O[C@H](CO)[C@@H](O)[C@H](O)[C@H]1O. The van der Waals surface area contributed by atoms with Gasteiger partial charge < -0.3 is 35.6 Å². The Hall–Kier alpha value is -0.770. The molecule has 8 heteroatoms. The maximum absolute atomic E-state index is 11.4. The molecular weight excluding hydrogens is 246 g/mol. The Kier molecular flexibility index (Phi) is 5.02. The van der Waals surface area contributed by atoms with Crippen LogP contribution in [-0.2, 0) is 9.53 Å². The Labute approximate surface area is 104 Å². The van der Waals surface area contributed by atoms with Crippen molar-refractivity contribution >= 4 is 5.91 Å². The van der Waals surface area contributed by atoms with E-state index < -0.39 is 42.8 Å². The Morgan fingerprint density at radius 1 is 1.33 bits per heavy atom. The third-order valence-electron chi connectivity index (χ3n) is 2.76. The van der Waals surface area contributed by atoms with E-state index >= 15 is 0 Å². The second-order valence-electron chi connectivity index (χ2n) is 4.26. The zero-order chi connectivity index (χ0) is 13.9. The van der Waals surface area contributed by atoms with Crippen LogP contribution in [0.5, 0.6) is 0 Å². The zero-order valence-corrected chi connectivity index (χ0v) is 9.98.